The van der Waals surface area contributed by atoms with Crippen LogP contribution in [0.15, 0.2) is 0 Å². The summed E-state index contributed by atoms with van der Waals surface area (Å²) in [4.78, 5) is 26.8. The highest BCUT2D eigenvalue weighted by Crippen LogP contribution is 2.64. The Kier molecular flexibility index (Phi) is 5.02. The standard InChI is InChI=1S/C23H27BrN2O3S/c1-13-2-3-16-17(10-25)20(30-18(16)4-13)26-19(27)11-29-21(28)22-6-14-5-15(7-22)9-23(24,8-14)12-22/h13-15H,2-9,11-12H2,1H3,(H,26,27)/t13-,14+,15+,22?,23?/m0/s1. The molecule has 7 heteroatoms. The zero-order valence-corrected chi connectivity index (χ0v) is 19.7. The Hall–Kier alpha value is -1.39. The van der Waals surface area contributed by atoms with Crippen LogP contribution in [0.5, 0.6) is 0 Å². The van der Waals surface area contributed by atoms with Crippen LogP contribution in [0, 0.1) is 34.5 Å². The minimum atomic E-state index is -0.427. The molecule has 5 aliphatic carbocycles. The van der Waals surface area contributed by atoms with Gasteiger partial charge in [-0.1, -0.05) is 22.9 Å². The normalized spacial score (nSPS) is 36.1. The topological polar surface area (TPSA) is 79.2 Å². The van der Waals surface area contributed by atoms with Crippen molar-refractivity contribution in [2.24, 2.45) is 23.2 Å². The van der Waals surface area contributed by atoms with Crippen LogP contribution in [0.4, 0.5) is 5.00 Å². The number of nitriles is 1. The van der Waals surface area contributed by atoms with Gasteiger partial charge in [0.1, 0.15) is 11.1 Å². The summed E-state index contributed by atoms with van der Waals surface area (Å²) in [5, 5.41) is 13.0. The number of anilines is 1. The van der Waals surface area contributed by atoms with Crippen molar-refractivity contribution in [2.45, 2.75) is 69.0 Å². The summed E-state index contributed by atoms with van der Waals surface area (Å²) >= 11 is 5.42. The molecule has 5 aliphatic rings. The van der Waals surface area contributed by atoms with Gasteiger partial charge >= 0.3 is 5.97 Å². The molecular weight excluding hydrogens is 464 g/mol. The zero-order valence-electron chi connectivity index (χ0n) is 17.3. The van der Waals surface area contributed by atoms with E-state index in [1.165, 1.54) is 22.6 Å². The molecule has 1 heterocycles. The number of hydrogen-bond donors (Lipinski definition) is 1. The number of esters is 1. The summed E-state index contributed by atoms with van der Waals surface area (Å²) < 4.78 is 5.63. The number of fused-ring (bicyclic) bond motifs is 1. The predicted octanol–water partition coefficient (Wildman–Crippen LogP) is 4.96. The lowest BCUT2D eigenvalue weighted by Gasteiger charge is -2.58. The van der Waals surface area contributed by atoms with E-state index in [-0.39, 0.29) is 22.8 Å². The second kappa shape index (κ2) is 7.34. The molecule has 0 radical (unpaired) electrons. The van der Waals surface area contributed by atoms with Crippen LogP contribution in [0.3, 0.4) is 0 Å². The highest BCUT2D eigenvalue weighted by atomic mass is 79.9. The van der Waals surface area contributed by atoms with Gasteiger partial charge in [0, 0.05) is 9.20 Å². The van der Waals surface area contributed by atoms with Crippen LogP contribution < -0.4 is 5.32 Å². The van der Waals surface area contributed by atoms with E-state index >= 15 is 0 Å². The summed E-state index contributed by atoms with van der Waals surface area (Å²) in [5.74, 6) is 1.21. The van der Waals surface area contributed by atoms with E-state index in [9.17, 15) is 14.9 Å². The Balaban J connectivity index is 1.23. The van der Waals surface area contributed by atoms with Crippen molar-refractivity contribution in [2.75, 3.05) is 11.9 Å². The van der Waals surface area contributed by atoms with Gasteiger partial charge in [-0.25, -0.2) is 0 Å². The molecule has 5 nitrogen and oxygen atoms in total. The van der Waals surface area contributed by atoms with Crippen LogP contribution in [0.25, 0.3) is 0 Å². The highest BCUT2D eigenvalue weighted by Gasteiger charge is 2.60. The number of hydrogen-bond acceptors (Lipinski definition) is 5. The Morgan fingerprint density at radius 3 is 2.70 bits per heavy atom. The molecule has 1 N–H and O–H groups in total. The lowest BCUT2D eigenvalue weighted by Crippen LogP contribution is -2.56. The Bertz CT molecular complexity index is 935. The van der Waals surface area contributed by atoms with E-state index < -0.39 is 5.41 Å². The van der Waals surface area contributed by atoms with E-state index in [4.69, 9.17) is 4.74 Å². The second-order valence-corrected chi connectivity index (χ2v) is 13.0. The number of carbonyl (C=O) groups excluding carboxylic acids is 2. The number of alkyl halides is 1. The van der Waals surface area contributed by atoms with E-state index in [0.29, 0.717) is 28.3 Å². The molecule has 1 amide bonds. The van der Waals surface area contributed by atoms with Crippen LogP contribution in [-0.4, -0.2) is 22.8 Å². The molecule has 4 saturated carbocycles. The van der Waals surface area contributed by atoms with Crippen molar-refractivity contribution in [3.63, 3.8) is 0 Å². The van der Waals surface area contributed by atoms with Gasteiger partial charge in [-0.2, -0.15) is 5.26 Å². The van der Waals surface area contributed by atoms with E-state index in [0.717, 1.165) is 56.9 Å². The van der Waals surface area contributed by atoms with E-state index in [2.05, 4.69) is 34.2 Å². The first-order valence-corrected chi connectivity index (χ1v) is 12.6. The molecule has 0 unspecified atom stereocenters. The molecule has 160 valence electrons. The summed E-state index contributed by atoms with van der Waals surface area (Å²) in [6.07, 6.45) is 9.05. The minimum Gasteiger partial charge on any atom is -0.455 e. The molecule has 1 aromatic heterocycles. The quantitative estimate of drug-likeness (QED) is 0.477. The van der Waals surface area contributed by atoms with E-state index in [1.54, 1.807) is 0 Å². The molecule has 4 fully saturated rings. The molecular formula is C23H27BrN2O3S. The van der Waals surface area contributed by atoms with Crippen molar-refractivity contribution in [1.82, 2.24) is 0 Å². The van der Waals surface area contributed by atoms with Gasteiger partial charge in [0.15, 0.2) is 6.61 Å². The minimum absolute atomic E-state index is 0.0766. The van der Waals surface area contributed by atoms with Crippen molar-refractivity contribution >= 4 is 44.1 Å². The first-order valence-electron chi connectivity index (χ1n) is 11.0. The molecule has 30 heavy (non-hydrogen) atoms. The lowest BCUT2D eigenvalue weighted by molar-refractivity contribution is -0.170. The summed E-state index contributed by atoms with van der Waals surface area (Å²) in [7, 11) is 0. The third-order valence-electron chi connectivity index (χ3n) is 7.63. The summed E-state index contributed by atoms with van der Waals surface area (Å²) in [6.45, 7) is 1.93. The summed E-state index contributed by atoms with van der Waals surface area (Å²) in [6, 6.07) is 2.26. The average molecular weight is 491 g/mol. The van der Waals surface area contributed by atoms with Gasteiger partial charge in [0.05, 0.1) is 11.0 Å². The lowest BCUT2D eigenvalue weighted by atomic mass is 9.49. The number of nitrogens with one attached hydrogen (secondary N) is 1. The van der Waals surface area contributed by atoms with Crippen molar-refractivity contribution in [3.8, 4) is 6.07 Å². The molecule has 6 rings (SSSR count). The SMILES string of the molecule is C[C@H]1CCc2c(sc(NC(=O)COC(=O)C34C[C@H]5C[C@@H](CC(Br)(C5)C3)C4)c2C#N)C1. The number of amides is 1. The zero-order chi connectivity index (χ0) is 21.1. The van der Waals surface area contributed by atoms with Crippen LogP contribution in [0.1, 0.15) is 67.9 Å². The molecule has 0 aromatic carbocycles. The third kappa shape index (κ3) is 3.50. The molecule has 0 spiro atoms. The van der Waals surface area contributed by atoms with Crippen LogP contribution in [0.2, 0.25) is 0 Å². The molecule has 0 aliphatic heterocycles. The number of carbonyl (C=O) groups is 2. The number of halogens is 1. The molecule has 4 bridgehead atoms. The summed E-state index contributed by atoms with van der Waals surface area (Å²) in [5.41, 5.74) is 1.25. The fourth-order valence-corrected chi connectivity index (χ4v) is 9.62. The Morgan fingerprint density at radius 1 is 1.30 bits per heavy atom. The van der Waals surface area contributed by atoms with Gasteiger partial charge < -0.3 is 10.1 Å². The Morgan fingerprint density at radius 2 is 2.03 bits per heavy atom. The van der Waals surface area contributed by atoms with Gasteiger partial charge in [-0.05, 0) is 81.1 Å². The number of ether oxygens (including phenoxy) is 1. The number of thiophene rings is 1. The number of nitrogens with zero attached hydrogens (tertiary/aromatic N) is 1. The maximum atomic E-state index is 13.0. The van der Waals surface area contributed by atoms with Gasteiger partial charge in [-0.3, -0.25) is 9.59 Å². The molecule has 3 atom stereocenters. The van der Waals surface area contributed by atoms with E-state index in [1.807, 2.05) is 0 Å². The first kappa shape index (κ1) is 20.5. The van der Waals surface area contributed by atoms with Gasteiger partial charge in [-0.15, -0.1) is 11.3 Å². The predicted molar refractivity (Wildman–Crippen MR) is 119 cm³/mol. The first-order chi connectivity index (χ1) is 14.3. The largest absolute Gasteiger partial charge is 0.455 e. The van der Waals surface area contributed by atoms with Crippen molar-refractivity contribution < 1.29 is 14.3 Å². The van der Waals surface area contributed by atoms with Crippen LogP contribution in [-0.2, 0) is 27.2 Å². The molecule has 0 saturated heterocycles. The highest BCUT2D eigenvalue weighted by molar-refractivity contribution is 9.10. The van der Waals surface area contributed by atoms with Gasteiger partial charge in [0.2, 0.25) is 0 Å². The average Bonchev–Trinajstić information content (AvgIpc) is 2.99. The van der Waals surface area contributed by atoms with Crippen LogP contribution >= 0.6 is 27.3 Å². The molecule has 1 aromatic rings. The fourth-order valence-electron chi connectivity index (χ4n) is 6.79. The van der Waals surface area contributed by atoms with Crippen molar-refractivity contribution in [3.05, 3.63) is 16.0 Å². The number of rotatable bonds is 4. The second-order valence-electron chi connectivity index (χ2n) is 10.2. The maximum absolute atomic E-state index is 13.0. The van der Waals surface area contributed by atoms with Gasteiger partial charge in [0.25, 0.3) is 5.91 Å². The Labute approximate surface area is 189 Å². The smallest absolute Gasteiger partial charge is 0.312 e. The maximum Gasteiger partial charge on any atom is 0.312 e. The monoisotopic (exact) mass is 490 g/mol. The fraction of sp³-hybridized carbons (Fsp3) is 0.696. The third-order valence-corrected chi connectivity index (χ3v) is 9.73. The van der Waals surface area contributed by atoms with Crippen molar-refractivity contribution in [1.29, 1.82) is 5.26 Å².